The molecule has 5 nitrogen and oxygen atoms in total. The van der Waals surface area contributed by atoms with Crippen molar-refractivity contribution in [3.8, 4) is 0 Å². The van der Waals surface area contributed by atoms with Gasteiger partial charge in [0.2, 0.25) is 0 Å². The Labute approximate surface area is 149 Å². The highest BCUT2D eigenvalue weighted by molar-refractivity contribution is 6.16. The van der Waals surface area contributed by atoms with Crippen LogP contribution in [0.1, 0.15) is 47.1 Å². The average Bonchev–Trinajstić information content (AvgIpc) is 2.53. The van der Waals surface area contributed by atoms with Crippen LogP contribution in [0, 0.1) is 5.92 Å². The van der Waals surface area contributed by atoms with Gasteiger partial charge in [0.05, 0.1) is 11.8 Å². The van der Waals surface area contributed by atoms with E-state index in [1.165, 1.54) is 4.90 Å². The summed E-state index contributed by atoms with van der Waals surface area (Å²) in [4.78, 5) is 31.4. The smallest absolute Gasteiger partial charge is 0.418 e. The molecule has 0 saturated carbocycles. The fourth-order valence-corrected chi connectivity index (χ4v) is 2.77. The van der Waals surface area contributed by atoms with Crippen molar-refractivity contribution in [1.29, 1.82) is 0 Å². The quantitative estimate of drug-likeness (QED) is 0.758. The van der Waals surface area contributed by atoms with Gasteiger partial charge in [-0.25, -0.2) is 14.7 Å². The molecule has 1 aliphatic rings. The Morgan fingerprint density at radius 2 is 1.84 bits per heavy atom. The molecule has 1 aromatic carbocycles. The molecule has 0 aromatic heterocycles. The lowest BCUT2D eigenvalue weighted by Crippen LogP contribution is -2.55. The van der Waals surface area contributed by atoms with Gasteiger partial charge >= 0.3 is 6.09 Å². The van der Waals surface area contributed by atoms with Gasteiger partial charge in [0.1, 0.15) is 11.3 Å². The Morgan fingerprint density at radius 1 is 1.24 bits per heavy atom. The molecule has 0 radical (unpaired) electrons. The predicted molar refractivity (Wildman–Crippen MR) is 98.4 cm³/mol. The summed E-state index contributed by atoms with van der Waals surface area (Å²) in [6.07, 6.45) is 0.984. The van der Waals surface area contributed by atoms with Crippen LogP contribution in [0.15, 0.2) is 47.1 Å². The fourth-order valence-electron chi connectivity index (χ4n) is 2.77. The number of amides is 2. The molecule has 0 aliphatic carbocycles. The van der Waals surface area contributed by atoms with Crippen molar-refractivity contribution in [3.63, 3.8) is 0 Å². The van der Waals surface area contributed by atoms with Crippen LogP contribution in [-0.4, -0.2) is 34.3 Å². The summed E-state index contributed by atoms with van der Waals surface area (Å²) in [6.45, 7) is 11.0. The maximum Gasteiger partial charge on any atom is 0.418 e. The van der Waals surface area contributed by atoms with Gasteiger partial charge in [-0.3, -0.25) is 4.79 Å². The molecule has 1 heterocycles. The summed E-state index contributed by atoms with van der Waals surface area (Å²) in [6, 6.07) is 9.14. The number of hydrogen-bond acceptors (Lipinski definition) is 4. The van der Waals surface area contributed by atoms with Gasteiger partial charge in [0.15, 0.2) is 0 Å². The number of hydrogen-bond donors (Lipinski definition) is 0. The van der Waals surface area contributed by atoms with Crippen LogP contribution in [0.4, 0.5) is 4.79 Å². The number of allylic oxidation sites excluding steroid dienone is 1. The monoisotopic (exact) mass is 342 g/mol. The molecule has 0 saturated heterocycles. The van der Waals surface area contributed by atoms with Gasteiger partial charge in [-0.2, -0.15) is 0 Å². The molecule has 0 N–H and O–H groups in total. The highest BCUT2D eigenvalue weighted by Gasteiger charge is 2.42. The highest BCUT2D eigenvalue weighted by Crippen LogP contribution is 2.27. The van der Waals surface area contributed by atoms with Crippen LogP contribution in [0.3, 0.4) is 0 Å². The SMILES string of the molecule is C/C=C1\N=C(c2ccccc2)C(C(C)C)N(C(=O)OC(C)(C)C)C1=O. The van der Waals surface area contributed by atoms with Gasteiger partial charge in [-0.1, -0.05) is 50.3 Å². The summed E-state index contributed by atoms with van der Waals surface area (Å²) in [5.41, 5.74) is 1.16. The summed E-state index contributed by atoms with van der Waals surface area (Å²) < 4.78 is 5.49. The predicted octanol–water partition coefficient (Wildman–Crippen LogP) is 4.18. The summed E-state index contributed by atoms with van der Waals surface area (Å²) in [5.74, 6) is -0.427. The van der Waals surface area contributed by atoms with Crippen molar-refractivity contribution in [2.24, 2.45) is 10.9 Å². The summed E-state index contributed by atoms with van der Waals surface area (Å²) in [5, 5.41) is 0. The fraction of sp³-hybridized carbons (Fsp3) is 0.450. The molecule has 1 aromatic rings. The molecule has 0 spiro atoms. The maximum absolute atomic E-state index is 12.8. The lowest BCUT2D eigenvalue weighted by molar-refractivity contribution is -0.128. The minimum absolute atomic E-state index is 0.00571. The summed E-state index contributed by atoms with van der Waals surface area (Å²) in [7, 11) is 0. The first-order valence-electron chi connectivity index (χ1n) is 8.52. The number of carbonyl (C=O) groups is 2. The van der Waals surface area contributed by atoms with Crippen molar-refractivity contribution in [1.82, 2.24) is 4.90 Å². The normalized spacial score (nSPS) is 20.0. The number of rotatable bonds is 2. The zero-order valence-corrected chi connectivity index (χ0v) is 15.7. The first kappa shape index (κ1) is 18.9. The van der Waals surface area contributed by atoms with E-state index in [9.17, 15) is 9.59 Å². The van der Waals surface area contributed by atoms with Crippen molar-refractivity contribution in [3.05, 3.63) is 47.7 Å². The molecular formula is C20H26N2O3. The zero-order valence-electron chi connectivity index (χ0n) is 15.7. The number of nitrogens with zero attached hydrogens (tertiary/aromatic N) is 2. The summed E-state index contributed by atoms with van der Waals surface area (Å²) >= 11 is 0. The van der Waals surface area contributed by atoms with Crippen LogP contribution < -0.4 is 0 Å². The molecular weight excluding hydrogens is 316 g/mol. The molecule has 25 heavy (non-hydrogen) atoms. The van der Waals surface area contributed by atoms with Crippen molar-refractivity contribution in [2.45, 2.75) is 53.2 Å². The van der Waals surface area contributed by atoms with Crippen LogP contribution in [0.25, 0.3) is 0 Å². The van der Waals surface area contributed by atoms with Crippen LogP contribution in [0.2, 0.25) is 0 Å². The third-order valence-electron chi connectivity index (χ3n) is 3.80. The number of imide groups is 1. The topological polar surface area (TPSA) is 59.0 Å². The van der Waals surface area contributed by atoms with Crippen LogP contribution >= 0.6 is 0 Å². The standard InChI is InChI=1S/C20H26N2O3/c1-7-15-18(23)22(19(24)25-20(4,5)6)17(13(2)3)16(21-15)14-11-9-8-10-12-14/h7-13,17H,1-6H3/b15-7-. The Kier molecular flexibility index (Phi) is 5.45. The highest BCUT2D eigenvalue weighted by atomic mass is 16.6. The third kappa shape index (κ3) is 4.16. The van der Waals surface area contributed by atoms with Crippen LogP contribution in [0.5, 0.6) is 0 Å². The lowest BCUT2D eigenvalue weighted by atomic mass is 9.90. The third-order valence-corrected chi connectivity index (χ3v) is 3.80. The molecule has 134 valence electrons. The first-order valence-corrected chi connectivity index (χ1v) is 8.52. The molecule has 5 heteroatoms. The molecule has 0 fully saturated rings. The van der Waals surface area contributed by atoms with E-state index >= 15 is 0 Å². The molecule has 0 bridgehead atoms. The Balaban J connectivity index is 2.57. The van der Waals surface area contributed by atoms with E-state index in [1.807, 2.05) is 44.2 Å². The van der Waals surface area contributed by atoms with Gasteiger partial charge in [-0.05, 0) is 39.2 Å². The lowest BCUT2D eigenvalue weighted by Gasteiger charge is -2.37. The second-order valence-corrected chi connectivity index (χ2v) is 7.38. The Morgan fingerprint density at radius 3 is 2.32 bits per heavy atom. The van der Waals surface area contributed by atoms with Gasteiger partial charge in [0.25, 0.3) is 5.91 Å². The number of carbonyl (C=O) groups excluding carboxylic acids is 2. The number of ether oxygens (including phenoxy) is 1. The van der Waals surface area contributed by atoms with E-state index in [1.54, 1.807) is 33.8 Å². The average molecular weight is 342 g/mol. The zero-order chi connectivity index (χ0) is 18.8. The van der Waals surface area contributed by atoms with E-state index in [2.05, 4.69) is 4.99 Å². The molecule has 1 atom stereocenters. The van der Waals surface area contributed by atoms with Crippen molar-refractivity contribution in [2.75, 3.05) is 0 Å². The van der Waals surface area contributed by atoms with E-state index < -0.39 is 23.6 Å². The molecule has 2 amide bonds. The van der Waals surface area contributed by atoms with Crippen molar-refractivity contribution < 1.29 is 14.3 Å². The minimum atomic E-state index is -0.684. The first-order chi connectivity index (χ1) is 11.7. The van der Waals surface area contributed by atoms with Gasteiger partial charge < -0.3 is 4.74 Å². The molecule has 1 unspecified atom stereocenters. The van der Waals surface area contributed by atoms with Crippen molar-refractivity contribution >= 4 is 17.7 Å². The van der Waals surface area contributed by atoms with E-state index in [4.69, 9.17) is 4.74 Å². The van der Waals surface area contributed by atoms with E-state index in [0.717, 1.165) is 5.56 Å². The van der Waals surface area contributed by atoms with E-state index in [0.29, 0.717) is 5.71 Å². The van der Waals surface area contributed by atoms with Crippen LogP contribution in [-0.2, 0) is 9.53 Å². The Hall–Kier alpha value is -2.43. The van der Waals surface area contributed by atoms with Gasteiger partial charge in [0, 0.05) is 0 Å². The second kappa shape index (κ2) is 7.21. The molecule has 2 rings (SSSR count). The maximum atomic E-state index is 12.8. The number of aliphatic imine (C=N–C) groups is 1. The Bertz CT molecular complexity index is 712. The largest absolute Gasteiger partial charge is 0.443 e. The van der Waals surface area contributed by atoms with E-state index in [-0.39, 0.29) is 11.6 Å². The van der Waals surface area contributed by atoms with Gasteiger partial charge in [-0.15, -0.1) is 0 Å². The number of benzene rings is 1. The minimum Gasteiger partial charge on any atom is -0.443 e. The second-order valence-electron chi connectivity index (χ2n) is 7.38. The molecule has 1 aliphatic heterocycles.